The number of hydrogen-bond acceptors (Lipinski definition) is 4. The quantitative estimate of drug-likeness (QED) is 0.732. The number of carbonyl (C=O) groups excluding carboxylic acids is 1. The topological polar surface area (TPSA) is 42.0 Å². The molecule has 0 aromatic rings. The number of hydrogen-bond donors (Lipinski definition) is 0. The summed E-state index contributed by atoms with van der Waals surface area (Å²) in [6, 6.07) is 0. The third-order valence-corrected chi connectivity index (χ3v) is 4.22. The number of carbonyl (C=O) groups is 1. The lowest BCUT2D eigenvalue weighted by Crippen LogP contribution is -2.36. The molecule has 0 N–H and O–H groups in total. The summed E-state index contributed by atoms with van der Waals surface area (Å²) in [6.07, 6.45) is 6.03. The van der Waals surface area contributed by atoms with Gasteiger partial charge in [-0.2, -0.15) is 0 Å². The molecule has 128 valence electrons. The predicted octanol–water partition coefficient (Wildman–Crippen LogP) is 2.89. The van der Waals surface area contributed by atoms with Crippen LogP contribution >= 0.6 is 0 Å². The van der Waals surface area contributed by atoms with Crippen molar-refractivity contribution in [1.82, 2.24) is 9.80 Å². The van der Waals surface area contributed by atoms with Gasteiger partial charge in [0.15, 0.2) is 0 Å². The minimum Gasteiger partial charge on any atom is -0.444 e. The summed E-state index contributed by atoms with van der Waals surface area (Å²) in [5.41, 5.74) is -0.426. The van der Waals surface area contributed by atoms with Crippen molar-refractivity contribution in [3.8, 4) is 0 Å². The smallest absolute Gasteiger partial charge is 0.410 e. The summed E-state index contributed by atoms with van der Waals surface area (Å²) in [6.45, 7) is 11.5. The van der Waals surface area contributed by atoms with Crippen LogP contribution in [-0.4, -0.2) is 66.9 Å². The lowest BCUT2D eigenvalue weighted by molar-refractivity contribution is 0.0199. The lowest BCUT2D eigenvalue weighted by Gasteiger charge is -2.26. The van der Waals surface area contributed by atoms with Crippen molar-refractivity contribution >= 4 is 6.09 Å². The standard InChI is InChI=1S/C17H32N2O3/c1-17(2,3)22-16(20)19-12-8-15(14-19)21-13-7-11-18-9-5-4-6-10-18/h15H,4-14H2,1-3H3/t15-/m1/s1. The molecule has 0 saturated carbocycles. The van der Waals surface area contributed by atoms with Crippen LogP contribution in [0.25, 0.3) is 0 Å². The zero-order valence-electron chi connectivity index (χ0n) is 14.5. The van der Waals surface area contributed by atoms with Gasteiger partial charge in [-0.25, -0.2) is 4.79 Å². The van der Waals surface area contributed by atoms with Gasteiger partial charge in [-0.3, -0.25) is 0 Å². The monoisotopic (exact) mass is 312 g/mol. The first-order chi connectivity index (χ1) is 10.4. The molecule has 2 rings (SSSR count). The fraction of sp³-hybridized carbons (Fsp3) is 0.941. The van der Waals surface area contributed by atoms with E-state index in [1.165, 1.54) is 32.4 Å². The molecule has 0 aliphatic carbocycles. The van der Waals surface area contributed by atoms with Crippen LogP contribution in [0.2, 0.25) is 0 Å². The van der Waals surface area contributed by atoms with Crippen molar-refractivity contribution in [2.45, 2.75) is 64.6 Å². The first kappa shape index (κ1) is 17.5. The van der Waals surface area contributed by atoms with E-state index in [0.717, 1.165) is 32.5 Å². The second-order valence-electron chi connectivity index (χ2n) is 7.46. The highest BCUT2D eigenvalue weighted by atomic mass is 16.6. The molecule has 2 saturated heterocycles. The van der Waals surface area contributed by atoms with Crippen molar-refractivity contribution in [1.29, 1.82) is 0 Å². The number of amides is 1. The molecular formula is C17H32N2O3. The number of nitrogens with zero attached hydrogens (tertiary/aromatic N) is 2. The maximum Gasteiger partial charge on any atom is 0.410 e. The van der Waals surface area contributed by atoms with E-state index >= 15 is 0 Å². The fourth-order valence-electron chi connectivity index (χ4n) is 3.08. The van der Waals surface area contributed by atoms with Gasteiger partial charge in [-0.15, -0.1) is 0 Å². The summed E-state index contributed by atoms with van der Waals surface area (Å²) in [7, 11) is 0. The Kier molecular flexibility index (Phi) is 6.50. The highest BCUT2D eigenvalue weighted by Crippen LogP contribution is 2.17. The van der Waals surface area contributed by atoms with Gasteiger partial charge >= 0.3 is 6.09 Å². The maximum absolute atomic E-state index is 12.0. The third kappa shape index (κ3) is 6.13. The highest BCUT2D eigenvalue weighted by molar-refractivity contribution is 5.68. The molecule has 22 heavy (non-hydrogen) atoms. The Morgan fingerprint density at radius 2 is 1.86 bits per heavy atom. The molecule has 0 unspecified atom stereocenters. The van der Waals surface area contributed by atoms with Crippen LogP contribution in [0.3, 0.4) is 0 Å². The molecule has 1 atom stereocenters. The largest absolute Gasteiger partial charge is 0.444 e. The Morgan fingerprint density at radius 1 is 1.14 bits per heavy atom. The second kappa shape index (κ2) is 8.16. The van der Waals surface area contributed by atoms with Crippen LogP contribution in [-0.2, 0) is 9.47 Å². The van der Waals surface area contributed by atoms with Gasteiger partial charge in [0, 0.05) is 19.7 Å². The van der Waals surface area contributed by atoms with Crippen LogP contribution in [0.15, 0.2) is 0 Å². The zero-order valence-corrected chi connectivity index (χ0v) is 14.5. The van der Waals surface area contributed by atoms with E-state index in [4.69, 9.17) is 9.47 Å². The van der Waals surface area contributed by atoms with E-state index in [9.17, 15) is 4.79 Å². The SMILES string of the molecule is CC(C)(C)OC(=O)N1CC[C@@H](OCCCN2CCCCC2)C1. The summed E-state index contributed by atoms with van der Waals surface area (Å²) in [5.74, 6) is 0. The van der Waals surface area contributed by atoms with E-state index in [1.54, 1.807) is 4.90 Å². The molecule has 2 fully saturated rings. The van der Waals surface area contributed by atoms with Crippen LogP contribution in [0.4, 0.5) is 4.79 Å². The molecule has 1 amide bonds. The van der Waals surface area contributed by atoms with Gasteiger partial charge in [0.2, 0.25) is 0 Å². The average Bonchev–Trinajstić information content (AvgIpc) is 2.92. The van der Waals surface area contributed by atoms with Crippen molar-refractivity contribution in [2.75, 3.05) is 39.3 Å². The molecule has 2 aliphatic rings. The predicted molar refractivity (Wildman–Crippen MR) is 87.1 cm³/mol. The Morgan fingerprint density at radius 3 is 2.55 bits per heavy atom. The van der Waals surface area contributed by atoms with E-state index < -0.39 is 5.60 Å². The normalized spacial score (nSPS) is 23.8. The molecule has 0 spiro atoms. The maximum atomic E-state index is 12.0. The van der Waals surface area contributed by atoms with E-state index in [2.05, 4.69) is 4.90 Å². The Hall–Kier alpha value is -0.810. The van der Waals surface area contributed by atoms with Crippen LogP contribution in [0.5, 0.6) is 0 Å². The van der Waals surface area contributed by atoms with Crippen LogP contribution in [0.1, 0.15) is 52.9 Å². The summed E-state index contributed by atoms with van der Waals surface area (Å²) < 4.78 is 11.3. The molecule has 5 heteroatoms. The molecule has 2 aliphatic heterocycles. The molecule has 0 aromatic heterocycles. The average molecular weight is 312 g/mol. The Balaban J connectivity index is 1.57. The van der Waals surface area contributed by atoms with Gasteiger partial charge in [-0.05, 0) is 59.5 Å². The van der Waals surface area contributed by atoms with Gasteiger partial charge in [-0.1, -0.05) is 6.42 Å². The van der Waals surface area contributed by atoms with Gasteiger partial charge in [0.25, 0.3) is 0 Å². The van der Waals surface area contributed by atoms with Gasteiger partial charge in [0.1, 0.15) is 5.60 Å². The van der Waals surface area contributed by atoms with E-state index in [0.29, 0.717) is 6.54 Å². The number of ether oxygens (including phenoxy) is 2. The van der Waals surface area contributed by atoms with Crippen molar-refractivity contribution in [3.63, 3.8) is 0 Å². The second-order valence-corrected chi connectivity index (χ2v) is 7.46. The molecular weight excluding hydrogens is 280 g/mol. The number of piperidine rings is 1. The highest BCUT2D eigenvalue weighted by Gasteiger charge is 2.30. The van der Waals surface area contributed by atoms with Crippen molar-refractivity contribution < 1.29 is 14.3 Å². The molecule has 0 bridgehead atoms. The zero-order chi connectivity index (χ0) is 16.0. The van der Waals surface area contributed by atoms with Gasteiger partial charge < -0.3 is 19.3 Å². The van der Waals surface area contributed by atoms with Crippen molar-refractivity contribution in [2.24, 2.45) is 0 Å². The van der Waals surface area contributed by atoms with E-state index in [1.807, 2.05) is 20.8 Å². The van der Waals surface area contributed by atoms with Crippen LogP contribution < -0.4 is 0 Å². The summed E-state index contributed by atoms with van der Waals surface area (Å²) >= 11 is 0. The minimum absolute atomic E-state index is 0.175. The number of likely N-dealkylation sites (tertiary alicyclic amines) is 2. The van der Waals surface area contributed by atoms with Crippen molar-refractivity contribution in [3.05, 3.63) is 0 Å². The first-order valence-electron chi connectivity index (χ1n) is 8.76. The van der Waals surface area contributed by atoms with Gasteiger partial charge in [0.05, 0.1) is 12.6 Å². The fourth-order valence-corrected chi connectivity index (χ4v) is 3.08. The summed E-state index contributed by atoms with van der Waals surface area (Å²) in [4.78, 5) is 16.3. The minimum atomic E-state index is -0.426. The molecule has 0 radical (unpaired) electrons. The molecule has 0 aromatic carbocycles. The lowest BCUT2D eigenvalue weighted by atomic mass is 10.1. The molecule has 2 heterocycles. The summed E-state index contributed by atoms with van der Waals surface area (Å²) in [5, 5.41) is 0. The number of rotatable bonds is 5. The molecule has 5 nitrogen and oxygen atoms in total. The third-order valence-electron chi connectivity index (χ3n) is 4.22. The Bertz CT molecular complexity index is 348. The first-order valence-corrected chi connectivity index (χ1v) is 8.76. The van der Waals surface area contributed by atoms with Crippen LogP contribution in [0, 0.1) is 0 Å². The Labute approximate surface area is 134 Å². The van der Waals surface area contributed by atoms with E-state index in [-0.39, 0.29) is 12.2 Å².